The standard InChI is InChI=1S/C18H22ClF2N5O2S2/c19-13-9-16(30(27,28)25-18-24-11-17(21)29-18)14(20)10-15(13)23-6-1-2-7-26-8-4-12(26)3-5-22/h3,5,9-12,23H,1-2,4,6-8,22H2,(H,24,25)/b5-3+. The van der Waals surface area contributed by atoms with Crippen LogP contribution in [-0.4, -0.2) is 44.0 Å². The van der Waals surface area contributed by atoms with Crippen molar-refractivity contribution in [3.05, 3.63) is 46.6 Å². The minimum Gasteiger partial charge on any atom is -0.405 e. The molecule has 1 saturated heterocycles. The van der Waals surface area contributed by atoms with Crippen molar-refractivity contribution in [2.24, 2.45) is 5.73 Å². The molecule has 1 aromatic carbocycles. The number of likely N-dealkylation sites (tertiary alicyclic amines) is 1. The summed E-state index contributed by atoms with van der Waals surface area (Å²) in [6, 6.07) is 2.47. The number of unbranched alkanes of at least 4 members (excludes halogenated alkanes) is 1. The molecule has 3 rings (SSSR count). The number of aromatic nitrogens is 1. The van der Waals surface area contributed by atoms with E-state index in [1.807, 2.05) is 10.8 Å². The van der Waals surface area contributed by atoms with Gasteiger partial charge in [-0.2, -0.15) is 4.39 Å². The van der Waals surface area contributed by atoms with Crippen molar-refractivity contribution in [3.63, 3.8) is 0 Å². The van der Waals surface area contributed by atoms with Crippen LogP contribution in [0.5, 0.6) is 0 Å². The Hall–Kier alpha value is -1.95. The van der Waals surface area contributed by atoms with Crippen LogP contribution in [0.4, 0.5) is 19.6 Å². The molecule has 1 aliphatic heterocycles. The summed E-state index contributed by atoms with van der Waals surface area (Å²) >= 11 is 6.64. The van der Waals surface area contributed by atoms with Gasteiger partial charge in [-0.05, 0) is 44.1 Å². The van der Waals surface area contributed by atoms with Crippen LogP contribution in [0, 0.1) is 10.9 Å². The molecule has 1 fully saturated rings. The van der Waals surface area contributed by atoms with Crippen molar-refractivity contribution in [3.8, 4) is 0 Å². The zero-order valence-corrected chi connectivity index (χ0v) is 18.3. The normalized spacial score (nSPS) is 17.2. The maximum absolute atomic E-state index is 14.5. The Bertz CT molecular complexity index is 1020. The molecule has 0 bridgehead atoms. The topological polar surface area (TPSA) is 100 Å². The number of hydrogen-bond acceptors (Lipinski definition) is 7. The summed E-state index contributed by atoms with van der Waals surface area (Å²) in [5.74, 6) is -0.969. The van der Waals surface area contributed by atoms with Gasteiger partial charge in [-0.25, -0.2) is 17.8 Å². The Morgan fingerprint density at radius 3 is 2.80 bits per heavy atom. The molecule has 30 heavy (non-hydrogen) atoms. The smallest absolute Gasteiger partial charge is 0.266 e. The number of halogens is 3. The first-order valence-electron chi connectivity index (χ1n) is 9.29. The summed E-state index contributed by atoms with van der Waals surface area (Å²) < 4.78 is 54.2. The van der Waals surface area contributed by atoms with Crippen LogP contribution in [0.1, 0.15) is 19.3 Å². The molecular weight excluding hydrogens is 456 g/mol. The molecule has 2 heterocycles. The van der Waals surface area contributed by atoms with Gasteiger partial charge in [-0.3, -0.25) is 9.62 Å². The van der Waals surface area contributed by atoms with E-state index >= 15 is 0 Å². The molecular formula is C18H22ClF2N5O2S2. The fraction of sp³-hybridized carbons (Fsp3) is 0.389. The highest BCUT2D eigenvalue weighted by Gasteiger charge is 2.25. The highest BCUT2D eigenvalue weighted by molar-refractivity contribution is 7.93. The van der Waals surface area contributed by atoms with E-state index in [1.165, 1.54) is 0 Å². The van der Waals surface area contributed by atoms with E-state index in [2.05, 4.69) is 15.2 Å². The minimum absolute atomic E-state index is 0.0676. The summed E-state index contributed by atoms with van der Waals surface area (Å²) in [7, 11) is -4.29. The quantitative estimate of drug-likeness (QED) is 0.452. The Labute approximate surface area is 183 Å². The van der Waals surface area contributed by atoms with Crippen molar-refractivity contribution in [1.29, 1.82) is 0 Å². The van der Waals surface area contributed by atoms with Gasteiger partial charge in [-0.15, -0.1) is 0 Å². The fourth-order valence-corrected chi connectivity index (χ4v) is 5.26. The lowest BCUT2D eigenvalue weighted by atomic mass is 10.0. The summed E-state index contributed by atoms with van der Waals surface area (Å²) in [5.41, 5.74) is 5.73. The number of rotatable bonds is 10. The van der Waals surface area contributed by atoms with Crippen LogP contribution in [0.3, 0.4) is 0 Å². The number of benzene rings is 1. The Morgan fingerprint density at radius 2 is 2.17 bits per heavy atom. The van der Waals surface area contributed by atoms with Gasteiger partial charge < -0.3 is 11.1 Å². The molecule has 1 aromatic heterocycles. The van der Waals surface area contributed by atoms with Crippen molar-refractivity contribution in [2.45, 2.75) is 30.2 Å². The van der Waals surface area contributed by atoms with E-state index in [-0.39, 0.29) is 10.2 Å². The van der Waals surface area contributed by atoms with E-state index in [4.69, 9.17) is 17.3 Å². The van der Waals surface area contributed by atoms with Crippen LogP contribution < -0.4 is 15.8 Å². The van der Waals surface area contributed by atoms with E-state index in [9.17, 15) is 17.2 Å². The molecule has 1 unspecified atom stereocenters. The second kappa shape index (κ2) is 9.90. The van der Waals surface area contributed by atoms with Crippen LogP contribution >= 0.6 is 22.9 Å². The van der Waals surface area contributed by atoms with Gasteiger partial charge in [0.1, 0.15) is 10.7 Å². The molecule has 4 N–H and O–H groups in total. The molecule has 0 spiro atoms. The molecule has 7 nitrogen and oxygen atoms in total. The minimum atomic E-state index is -4.29. The Morgan fingerprint density at radius 1 is 1.37 bits per heavy atom. The van der Waals surface area contributed by atoms with Gasteiger partial charge >= 0.3 is 0 Å². The average molecular weight is 478 g/mol. The molecule has 1 atom stereocenters. The number of nitrogens with zero attached hydrogens (tertiary/aromatic N) is 2. The maximum Gasteiger partial charge on any atom is 0.266 e. The lowest BCUT2D eigenvalue weighted by Gasteiger charge is -2.39. The van der Waals surface area contributed by atoms with Crippen LogP contribution in [0.2, 0.25) is 5.02 Å². The number of hydrogen-bond donors (Lipinski definition) is 3. The number of anilines is 2. The summed E-state index contributed by atoms with van der Waals surface area (Å²) in [4.78, 5) is 5.26. The lowest BCUT2D eigenvalue weighted by Crippen LogP contribution is -2.46. The first kappa shape index (κ1) is 22.7. The average Bonchev–Trinajstić information content (AvgIpc) is 3.07. The first-order valence-corrected chi connectivity index (χ1v) is 12.0. The van der Waals surface area contributed by atoms with Gasteiger partial charge in [0.15, 0.2) is 10.3 Å². The molecule has 0 saturated carbocycles. The van der Waals surface area contributed by atoms with E-state index in [1.54, 1.807) is 6.20 Å². The summed E-state index contributed by atoms with van der Waals surface area (Å²) in [6.45, 7) is 2.56. The van der Waals surface area contributed by atoms with Gasteiger partial charge in [0.2, 0.25) is 0 Å². The van der Waals surface area contributed by atoms with Gasteiger partial charge in [0.25, 0.3) is 10.0 Å². The molecule has 12 heteroatoms. The molecule has 1 aliphatic rings. The van der Waals surface area contributed by atoms with Crippen LogP contribution in [-0.2, 0) is 10.0 Å². The molecule has 2 aromatic rings. The van der Waals surface area contributed by atoms with Gasteiger partial charge in [0.05, 0.1) is 16.9 Å². The zero-order valence-electron chi connectivity index (χ0n) is 15.9. The zero-order chi connectivity index (χ0) is 21.7. The van der Waals surface area contributed by atoms with E-state index in [0.29, 0.717) is 29.6 Å². The monoisotopic (exact) mass is 477 g/mol. The third-order valence-electron chi connectivity index (χ3n) is 4.71. The SMILES string of the molecule is N/C=C/C1CCN1CCCCNc1cc(F)c(S(=O)(=O)Nc2ncc(F)s2)cc1Cl. The van der Waals surface area contributed by atoms with Gasteiger partial charge in [-0.1, -0.05) is 29.0 Å². The Kier molecular flexibility index (Phi) is 7.50. The number of nitrogens with two attached hydrogens (primary N) is 1. The summed E-state index contributed by atoms with van der Waals surface area (Å²) in [5, 5.41) is 2.24. The predicted molar refractivity (Wildman–Crippen MR) is 115 cm³/mol. The lowest BCUT2D eigenvalue weighted by molar-refractivity contribution is 0.123. The second-order valence-electron chi connectivity index (χ2n) is 6.75. The van der Waals surface area contributed by atoms with Crippen molar-refractivity contribution in [2.75, 3.05) is 29.7 Å². The largest absolute Gasteiger partial charge is 0.405 e. The highest BCUT2D eigenvalue weighted by atomic mass is 35.5. The highest BCUT2D eigenvalue weighted by Crippen LogP contribution is 2.30. The van der Waals surface area contributed by atoms with Crippen molar-refractivity contribution >= 4 is 43.8 Å². The van der Waals surface area contributed by atoms with Crippen LogP contribution in [0.25, 0.3) is 0 Å². The number of sulfonamides is 1. The molecule has 0 aliphatic carbocycles. The van der Waals surface area contributed by atoms with E-state index < -0.39 is 25.9 Å². The summed E-state index contributed by atoms with van der Waals surface area (Å²) in [6.07, 6.45) is 7.33. The third-order valence-corrected chi connectivity index (χ3v) is 7.21. The Balaban J connectivity index is 1.54. The third kappa shape index (κ3) is 5.60. The molecule has 0 radical (unpaired) electrons. The molecule has 164 valence electrons. The van der Waals surface area contributed by atoms with Crippen molar-refractivity contribution < 1.29 is 17.2 Å². The fourth-order valence-electron chi connectivity index (χ4n) is 3.09. The molecule has 0 amide bonds. The van der Waals surface area contributed by atoms with Crippen LogP contribution in [0.15, 0.2) is 35.5 Å². The van der Waals surface area contributed by atoms with Gasteiger partial charge in [0, 0.05) is 19.1 Å². The predicted octanol–water partition coefficient (Wildman–Crippen LogP) is 3.61. The number of thiazole rings is 1. The van der Waals surface area contributed by atoms with Crippen molar-refractivity contribution in [1.82, 2.24) is 9.88 Å². The second-order valence-corrected chi connectivity index (χ2v) is 9.79. The number of nitrogens with one attached hydrogen (secondary N) is 2. The maximum atomic E-state index is 14.5. The first-order chi connectivity index (χ1) is 14.3. The van der Waals surface area contributed by atoms with E-state index in [0.717, 1.165) is 50.7 Å².